The van der Waals surface area contributed by atoms with Gasteiger partial charge in [-0.25, -0.2) is 4.79 Å². The summed E-state index contributed by atoms with van der Waals surface area (Å²) in [5.74, 6) is 0.738. The Hall–Kier alpha value is -0.940. The van der Waals surface area contributed by atoms with Crippen LogP contribution in [0.3, 0.4) is 0 Å². The molecule has 2 unspecified atom stereocenters. The summed E-state index contributed by atoms with van der Waals surface area (Å²) in [6.45, 7) is 4.09. The van der Waals surface area contributed by atoms with Gasteiger partial charge in [-0.2, -0.15) is 11.8 Å². The summed E-state index contributed by atoms with van der Waals surface area (Å²) in [6.07, 6.45) is 3.17. The van der Waals surface area contributed by atoms with Crippen LogP contribution in [-0.2, 0) is 0 Å². The van der Waals surface area contributed by atoms with Crippen molar-refractivity contribution in [3.05, 3.63) is 23.7 Å². The van der Waals surface area contributed by atoms with Gasteiger partial charge in [0.05, 0.1) is 6.04 Å². The van der Waals surface area contributed by atoms with Crippen LogP contribution in [0, 0.1) is 0 Å². The molecule has 1 heterocycles. The van der Waals surface area contributed by atoms with Gasteiger partial charge >= 0.3 is 5.97 Å². The van der Waals surface area contributed by atoms with Crippen molar-refractivity contribution in [2.24, 2.45) is 0 Å². The molecule has 0 saturated heterocycles. The average molecular weight is 257 g/mol. The number of nitrogens with one attached hydrogen (secondary N) is 1. The number of aromatic carboxylic acids is 1. The molecule has 1 rings (SSSR count). The van der Waals surface area contributed by atoms with Crippen LogP contribution in [0.4, 0.5) is 0 Å². The number of hydrogen-bond acceptors (Lipinski definition) is 4. The molecule has 0 aliphatic rings. The van der Waals surface area contributed by atoms with Gasteiger partial charge in [0.15, 0.2) is 0 Å². The fourth-order valence-corrected chi connectivity index (χ4v) is 2.18. The molecule has 0 amide bonds. The second-order valence-corrected chi connectivity index (χ2v) is 5.06. The first-order valence-electron chi connectivity index (χ1n) is 5.62. The zero-order valence-electron chi connectivity index (χ0n) is 10.4. The first-order valence-corrected chi connectivity index (χ1v) is 7.02. The monoisotopic (exact) mass is 257 g/mol. The summed E-state index contributed by atoms with van der Waals surface area (Å²) in [4.78, 5) is 10.7. The van der Waals surface area contributed by atoms with Crippen molar-refractivity contribution in [2.45, 2.75) is 32.4 Å². The SMILES string of the molecule is CSCCC(C)NC(C)c1ccc(C(=O)O)o1. The molecular formula is C12H19NO3S. The molecule has 2 atom stereocenters. The van der Waals surface area contributed by atoms with Gasteiger partial charge in [-0.3, -0.25) is 0 Å². The molecular weight excluding hydrogens is 238 g/mol. The highest BCUT2D eigenvalue weighted by atomic mass is 32.2. The molecule has 0 saturated carbocycles. The fraction of sp³-hybridized carbons (Fsp3) is 0.583. The number of carbonyl (C=O) groups is 1. The van der Waals surface area contributed by atoms with Gasteiger partial charge in [-0.15, -0.1) is 0 Å². The van der Waals surface area contributed by atoms with E-state index in [1.807, 2.05) is 18.7 Å². The van der Waals surface area contributed by atoms with Gasteiger partial charge in [0.1, 0.15) is 5.76 Å². The maximum Gasteiger partial charge on any atom is 0.371 e. The molecule has 0 spiro atoms. The molecule has 4 nitrogen and oxygen atoms in total. The van der Waals surface area contributed by atoms with Crippen molar-refractivity contribution in [3.8, 4) is 0 Å². The zero-order chi connectivity index (χ0) is 12.8. The van der Waals surface area contributed by atoms with Crippen molar-refractivity contribution in [1.82, 2.24) is 5.32 Å². The summed E-state index contributed by atoms with van der Waals surface area (Å²) in [7, 11) is 0. The standard InChI is InChI=1S/C12H19NO3S/c1-8(6-7-17-3)13-9(2)10-4-5-11(16-10)12(14)15/h4-5,8-9,13H,6-7H2,1-3H3,(H,14,15). The Morgan fingerprint density at radius 1 is 1.53 bits per heavy atom. The third-order valence-corrected chi connectivity index (χ3v) is 3.20. The van der Waals surface area contributed by atoms with E-state index in [4.69, 9.17) is 9.52 Å². The second kappa shape index (κ2) is 6.71. The largest absolute Gasteiger partial charge is 0.475 e. The van der Waals surface area contributed by atoms with Crippen molar-refractivity contribution >= 4 is 17.7 Å². The lowest BCUT2D eigenvalue weighted by atomic mass is 10.2. The van der Waals surface area contributed by atoms with Crippen LogP contribution in [0.2, 0.25) is 0 Å². The van der Waals surface area contributed by atoms with E-state index in [-0.39, 0.29) is 11.8 Å². The molecule has 1 aromatic heterocycles. The Kier molecular flexibility index (Phi) is 5.58. The molecule has 1 aromatic rings. The Morgan fingerprint density at radius 3 is 2.76 bits per heavy atom. The van der Waals surface area contributed by atoms with Crippen LogP contribution >= 0.6 is 11.8 Å². The summed E-state index contributed by atoms with van der Waals surface area (Å²) in [6, 6.07) is 3.61. The first-order chi connectivity index (χ1) is 8.04. The van der Waals surface area contributed by atoms with Crippen LogP contribution in [0.15, 0.2) is 16.5 Å². The number of furan rings is 1. The lowest BCUT2D eigenvalue weighted by molar-refractivity contribution is 0.0659. The summed E-state index contributed by atoms with van der Waals surface area (Å²) in [5, 5.41) is 12.1. The summed E-state index contributed by atoms with van der Waals surface area (Å²) < 4.78 is 5.24. The molecule has 0 aliphatic carbocycles. The van der Waals surface area contributed by atoms with Gasteiger partial charge in [0, 0.05) is 6.04 Å². The van der Waals surface area contributed by atoms with Crippen LogP contribution < -0.4 is 5.32 Å². The predicted molar refractivity (Wildman–Crippen MR) is 69.7 cm³/mol. The van der Waals surface area contributed by atoms with Crippen molar-refractivity contribution in [1.29, 1.82) is 0 Å². The number of hydrogen-bond donors (Lipinski definition) is 2. The van der Waals surface area contributed by atoms with Gasteiger partial charge in [-0.05, 0) is 44.4 Å². The quantitative estimate of drug-likeness (QED) is 0.786. The van der Waals surface area contributed by atoms with Crippen LogP contribution in [0.5, 0.6) is 0 Å². The molecule has 5 heteroatoms. The number of carboxylic acids is 1. The molecule has 0 bridgehead atoms. The minimum absolute atomic E-state index is 0.00887. The van der Waals surface area contributed by atoms with Gasteiger partial charge in [-0.1, -0.05) is 0 Å². The summed E-state index contributed by atoms with van der Waals surface area (Å²) >= 11 is 1.82. The average Bonchev–Trinajstić information content (AvgIpc) is 2.75. The number of rotatable bonds is 7. The maximum absolute atomic E-state index is 10.7. The van der Waals surface area contributed by atoms with E-state index in [1.54, 1.807) is 6.07 Å². The topological polar surface area (TPSA) is 62.5 Å². The van der Waals surface area contributed by atoms with Gasteiger partial charge in [0.2, 0.25) is 5.76 Å². The molecule has 0 fully saturated rings. The van der Waals surface area contributed by atoms with Crippen molar-refractivity contribution < 1.29 is 14.3 Å². The number of thioether (sulfide) groups is 1. The highest BCUT2D eigenvalue weighted by molar-refractivity contribution is 7.98. The van der Waals surface area contributed by atoms with E-state index in [0.29, 0.717) is 11.8 Å². The third kappa shape index (κ3) is 4.44. The van der Waals surface area contributed by atoms with E-state index in [0.717, 1.165) is 12.2 Å². The van der Waals surface area contributed by atoms with Crippen molar-refractivity contribution in [2.75, 3.05) is 12.0 Å². The fourth-order valence-electron chi connectivity index (χ4n) is 1.59. The van der Waals surface area contributed by atoms with E-state index in [2.05, 4.69) is 18.5 Å². The molecule has 17 heavy (non-hydrogen) atoms. The van der Waals surface area contributed by atoms with Crippen molar-refractivity contribution in [3.63, 3.8) is 0 Å². The highest BCUT2D eigenvalue weighted by Crippen LogP contribution is 2.17. The summed E-state index contributed by atoms with van der Waals surface area (Å²) in [5.41, 5.74) is 0. The molecule has 96 valence electrons. The van der Waals surface area contributed by atoms with Crippen LogP contribution in [0.25, 0.3) is 0 Å². The molecule has 0 aliphatic heterocycles. The maximum atomic E-state index is 10.7. The first kappa shape index (κ1) is 14.1. The van der Waals surface area contributed by atoms with Gasteiger partial charge in [0.25, 0.3) is 0 Å². The lowest BCUT2D eigenvalue weighted by Gasteiger charge is -2.17. The van der Waals surface area contributed by atoms with Gasteiger partial charge < -0.3 is 14.8 Å². The van der Waals surface area contributed by atoms with E-state index in [9.17, 15) is 4.79 Å². The third-order valence-electron chi connectivity index (χ3n) is 2.55. The normalized spacial score (nSPS) is 14.5. The molecule has 0 aromatic carbocycles. The number of carboxylic acid groups (broad SMARTS) is 1. The minimum Gasteiger partial charge on any atom is -0.475 e. The Morgan fingerprint density at radius 2 is 2.24 bits per heavy atom. The van der Waals surface area contributed by atoms with E-state index in [1.165, 1.54) is 6.07 Å². The van der Waals surface area contributed by atoms with E-state index < -0.39 is 5.97 Å². The highest BCUT2D eigenvalue weighted by Gasteiger charge is 2.15. The Balaban J connectivity index is 2.51. The Bertz CT molecular complexity index is 364. The van der Waals surface area contributed by atoms with Crippen LogP contribution in [-0.4, -0.2) is 29.1 Å². The van der Waals surface area contributed by atoms with E-state index >= 15 is 0 Å². The lowest BCUT2D eigenvalue weighted by Crippen LogP contribution is -2.29. The molecule has 2 N–H and O–H groups in total. The minimum atomic E-state index is -1.03. The molecule has 0 radical (unpaired) electrons. The zero-order valence-corrected chi connectivity index (χ0v) is 11.2. The van der Waals surface area contributed by atoms with Crippen LogP contribution in [0.1, 0.15) is 42.6 Å². The smallest absolute Gasteiger partial charge is 0.371 e. The Labute approximate surface area is 106 Å². The second-order valence-electron chi connectivity index (χ2n) is 4.08. The predicted octanol–water partition coefficient (Wildman–Crippen LogP) is 2.77.